The molecule has 2 aromatic heterocycles. The van der Waals surface area contributed by atoms with Gasteiger partial charge in [-0.2, -0.15) is 0 Å². The maximum Gasteiger partial charge on any atom is 0.414 e. The Morgan fingerprint density at radius 1 is 0.686 bits per heavy atom. The van der Waals surface area contributed by atoms with E-state index in [1.807, 2.05) is 6.07 Å². The van der Waals surface area contributed by atoms with E-state index in [1.165, 1.54) is 11.1 Å². The minimum atomic E-state index is -1.82. The minimum Gasteiger partial charge on any atom is -0.473 e. The Labute approximate surface area is 301 Å². The summed E-state index contributed by atoms with van der Waals surface area (Å²) >= 11 is 0. The van der Waals surface area contributed by atoms with Crippen LogP contribution in [-0.4, -0.2) is 99.9 Å². The first-order valence-electron chi connectivity index (χ1n) is 17.3. The van der Waals surface area contributed by atoms with Crippen LogP contribution in [0.2, 0.25) is 0 Å². The number of rotatable bonds is 15. The summed E-state index contributed by atoms with van der Waals surface area (Å²) in [6.45, 7) is 8.22. The van der Waals surface area contributed by atoms with E-state index in [2.05, 4.69) is 152 Å². The summed E-state index contributed by atoms with van der Waals surface area (Å²) in [5.74, 6) is -2.92. The van der Waals surface area contributed by atoms with Gasteiger partial charge < -0.3 is 35.2 Å². The Bertz CT molecular complexity index is 1830. The predicted octanol–water partition coefficient (Wildman–Crippen LogP) is 5.77. The summed E-state index contributed by atoms with van der Waals surface area (Å²) in [4.78, 5) is 33.0. The number of fused-ring (bicyclic) bond motifs is 1. The van der Waals surface area contributed by atoms with Crippen LogP contribution in [-0.2, 0) is 22.7 Å². The second-order valence-corrected chi connectivity index (χ2v) is 13.2. The first kappa shape index (κ1) is 38.9. The second kappa shape index (κ2) is 18.9. The molecule has 2 heterocycles. The topological polar surface area (TPSA) is 136 Å². The molecule has 51 heavy (non-hydrogen) atoms. The van der Waals surface area contributed by atoms with Crippen molar-refractivity contribution >= 4 is 23.0 Å². The normalized spacial score (nSPS) is 12.5. The van der Waals surface area contributed by atoms with Gasteiger partial charge in [0.25, 0.3) is 0 Å². The average molecular weight is 694 g/mol. The van der Waals surface area contributed by atoms with E-state index < -0.39 is 11.9 Å². The Morgan fingerprint density at radius 2 is 1.20 bits per heavy atom. The highest BCUT2D eigenvalue weighted by molar-refractivity contribution is 6.27. The van der Waals surface area contributed by atoms with E-state index in [0.29, 0.717) is 12.1 Å². The Kier molecular flexibility index (Phi) is 14.4. The van der Waals surface area contributed by atoms with Crippen molar-refractivity contribution < 1.29 is 19.8 Å². The number of hydrogen-bond acceptors (Lipinski definition) is 8. The highest BCUT2D eigenvalue weighted by Gasteiger charge is 2.16. The van der Waals surface area contributed by atoms with Crippen molar-refractivity contribution in [3.8, 4) is 28.3 Å². The number of hydrogen-bond donors (Lipinski definition) is 4. The highest BCUT2D eigenvalue weighted by atomic mass is 16.4. The molecule has 0 saturated heterocycles. The highest BCUT2D eigenvalue weighted by Crippen LogP contribution is 2.31. The van der Waals surface area contributed by atoms with Crippen LogP contribution in [0, 0.1) is 0 Å². The van der Waals surface area contributed by atoms with Crippen molar-refractivity contribution in [2.24, 2.45) is 0 Å². The molecule has 0 aliphatic heterocycles. The standard InChI is InChI=1S/C38H49N7.C2H2O4/c1-28(43(3)4)20-23-39-26-30-12-16-33(17-13-30)37-41-36(32-10-8-7-9-11-32)35-22-25-45(38(35)42-37)34-18-14-31(15-19-34)27-40-24-21-29(2)44(5)6;3-1(4)2(5)6/h7-19,22,25,28-29,39-40H,20-21,23-24,26-27H2,1-6H3;(H,3,4)(H,5,6). The third-order valence-corrected chi connectivity index (χ3v) is 9.10. The van der Waals surface area contributed by atoms with E-state index >= 15 is 0 Å². The van der Waals surface area contributed by atoms with Crippen LogP contribution in [0.1, 0.15) is 37.8 Å². The van der Waals surface area contributed by atoms with Crippen LogP contribution in [0.25, 0.3) is 39.4 Å². The summed E-state index contributed by atoms with van der Waals surface area (Å²) < 4.78 is 2.18. The van der Waals surface area contributed by atoms with Gasteiger partial charge in [-0.1, -0.05) is 66.7 Å². The van der Waals surface area contributed by atoms with Crippen molar-refractivity contribution in [1.29, 1.82) is 0 Å². The van der Waals surface area contributed by atoms with Crippen LogP contribution in [0.3, 0.4) is 0 Å². The molecule has 270 valence electrons. The van der Waals surface area contributed by atoms with Crippen molar-refractivity contribution in [2.75, 3.05) is 41.3 Å². The molecule has 0 amide bonds. The van der Waals surface area contributed by atoms with E-state index in [0.717, 1.165) is 78.4 Å². The maximum atomic E-state index is 9.10. The number of carbonyl (C=O) groups is 2. The quantitative estimate of drug-likeness (QED) is 0.0791. The zero-order valence-electron chi connectivity index (χ0n) is 30.5. The minimum absolute atomic E-state index is 0.562. The number of benzene rings is 3. The van der Waals surface area contributed by atoms with Crippen LogP contribution < -0.4 is 10.6 Å². The molecule has 0 aliphatic carbocycles. The van der Waals surface area contributed by atoms with Crippen LogP contribution >= 0.6 is 0 Å². The number of aliphatic carboxylic acids is 2. The third kappa shape index (κ3) is 11.3. The number of nitrogens with zero attached hydrogens (tertiary/aromatic N) is 5. The largest absolute Gasteiger partial charge is 0.473 e. The summed E-state index contributed by atoms with van der Waals surface area (Å²) in [6.07, 6.45) is 4.36. The van der Waals surface area contributed by atoms with Gasteiger partial charge in [0.1, 0.15) is 5.65 Å². The number of nitrogens with one attached hydrogen (secondary N) is 2. The zero-order chi connectivity index (χ0) is 36.9. The van der Waals surface area contributed by atoms with Gasteiger partial charge in [0, 0.05) is 53.6 Å². The SMILES string of the molecule is CC(CCNCc1ccc(-c2nc(-c3ccccc3)c3ccn(-c4ccc(CNCCC(C)N(C)C)cc4)c3n2)cc1)N(C)C.O=C(O)C(=O)O. The molecule has 0 fully saturated rings. The molecular weight excluding hydrogens is 642 g/mol. The molecule has 0 aliphatic rings. The third-order valence-electron chi connectivity index (χ3n) is 9.10. The van der Waals surface area contributed by atoms with Gasteiger partial charge in [-0.3, -0.25) is 0 Å². The van der Waals surface area contributed by atoms with Gasteiger partial charge in [0.15, 0.2) is 5.82 Å². The fourth-order valence-corrected chi connectivity index (χ4v) is 5.32. The average Bonchev–Trinajstić information content (AvgIpc) is 3.56. The maximum absolute atomic E-state index is 9.10. The summed E-state index contributed by atoms with van der Waals surface area (Å²) in [5.41, 5.74) is 7.56. The Hall–Kier alpha value is -4.94. The van der Waals surface area contributed by atoms with Gasteiger partial charge >= 0.3 is 11.9 Å². The summed E-state index contributed by atoms with van der Waals surface area (Å²) in [5, 5.41) is 23.0. The first-order valence-corrected chi connectivity index (χ1v) is 17.3. The van der Waals surface area contributed by atoms with Crippen molar-refractivity contribution in [3.05, 3.63) is 102 Å². The lowest BCUT2D eigenvalue weighted by Crippen LogP contribution is -2.28. The van der Waals surface area contributed by atoms with Gasteiger partial charge in [-0.15, -0.1) is 0 Å². The monoisotopic (exact) mass is 693 g/mol. The number of carboxylic acid groups (broad SMARTS) is 2. The smallest absolute Gasteiger partial charge is 0.414 e. The molecule has 0 radical (unpaired) electrons. The Balaban J connectivity index is 0.000000894. The second-order valence-electron chi connectivity index (χ2n) is 13.2. The zero-order valence-corrected chi connectivity index (χ0v) is 30.5. The molecule has 2 atom stereocenters. The molecule has 11 heteroatoms. The molecule has 11 nitrogen and oxygen atoms in total. The van der Waals surface area contributed by atoms with E-state index in [-0.39, 0.29) is 0 Å². The van der Waals surface area contributed by atoms with Gasteiger partial charge in [0.2, 0.25) is 0 Å². The molecule has 0 bridgehead atoms. The van der Waals surface area contributed by atoms with Gasteiger partial charge in [-0.05, 0) is 97.3 Å². The molecule has 0 spiro atoms. The molecular formula is C40H51N7O4. The molecule has 2 unspecified atom stereocenters. The van der Waals surface area contributed by atoms with Crippen molar-refractivity contribution in [1.82, 2.24) is 35.0 Å². The lowest BCUT2D eigenvalue weighted by molar-refractivity contribution is -0.159. The fourth-order valence-electron chi connectivity index (χ4n) is 5.32. The molecule has 5 aromatic rings. The number of carboxylic acids is 2. The molecule has 5 rings (SSSR count). The molecule has 0 saturated carbocycles. The van der Waals surface area contributed by atoms with Crippen molar-refractivity contribution in [2.45, 2.75) is 51.9 Å². The van der Waals surface area contributed by atoms with E-state index in [4.69, 9.17) is 29.8 Å². The lowest BCUT2D eigenvalue weighted by atomic mass is 10.1. The molecule has 3 aromatic carbocycles. The summed E-state index contributed by atoms with van der Waals surface area (Å²) in [6, 6.07) is 31.1. The first-order chi connectivity index (χ1) is 24.4. The number of aromatic nitrogens is 3. The van der Waals surface area contributed by atoms with Gasteiger partial charge in [-0.25, -0.2) is 19.6 Å². The Morgan fingerprint density at radius 3 is 1.69 bits per heavy atom. The summed E-state index contributed by atoms with van der Waals surface area (Å²) in [7, 11) is 8.53. The van der Waals surface area contributed by atoms with E-state index in [9.17, 15) is 0 Å². The van der Waals surface area contributed by atoms with Crippen LogP contribution in [0.5, 0.6) is 0 Å². The fraction of sp³-hybridized carbons (Fsp3) is 0.350. The van der Waals surface area contributed by atoms with Crippen LogP contribution in [0.4, 0.5) is 0 Å². The van der Waals surface area contributed by atoms with Crippen LogP contribution in [0.15, 0.2) is 91.1 Å². The van der Waals surface area contributed by atoms with E-state index in [1.54, 1.807) is 0 Å². The van der Waals surface area contributed by atoms with Gasteiger partial charge in [0.05, 0.1) is 5.69 Å². The molecule has 4 N–H and O–H groups in total. The van der Waals surface area contributed by atoms with Crippen molar-refractivity contribution in [3.63, 3.8) is 0 Å². The predicted molar refractivity (Wildman–Crippen MR) is 204 cm³/mol. The lowest BCUT2D eigenvalue weighted by Gasteiger charge is -2.19.